The van der Waals surface area contributed by atoms with Crippen LogP contribution in [0, 0.1) is 0 Å². The molecule has 0 unspecified atom stereocenters. The monoisotopic (exact) mass is 297 g/mol. The maximum Gasteiger partial charge on any atom is 0.227 e. The SMILES string of the molecule is CC(C)(C(=O)c1ccccc1)S(=O)(=O)N1CCOCC1. The van der Waals surface area contributed by atoms with E-state index in [2.05, 4.69) is 0 Å². The molecular formula is C14H19NO4S. The Balaban J connectivity index is 2.31. The first kappa shape index (κ1) is 15.2. The van der Waals surface area contributed by atoms with E-state index in [1.54, 1.807) is 30.3 Å². The Hall–Kier alpha value is -1.24. The summed E-state index contributed by atoms with van der Waals surface area (Å²) >= 11 is 0. The summed E-state index contributed by atoms with van der Waals surface area (Å²) < 4.78 is 30.4. The maximum absolute atomic E-state index is 12.7. The molecule has 0 bridgehead atoms. The van der Waals surface area contributed by atoms with Crippen molar-refractivity contribution in [2.75, 3.05) is 26.3 Å². The lowest BCUT2D eigenvalue weighted by molar-refractivity contribution is 0.0711. The predicted molar refractivity (Wildman–Crippen MR) is 76.2 cm³/mol. The number of nitrogens with zero attached hydrogens (tertiary/aromatic N) is 1. The number of carbonyl (C=O) groups is 1. The predicted octanol–water partition coefficient (Wildman–Crippen LogP) is 1.31. The molecule has 1 heterocycles. The zero-order chi connectivity index (χ0) is 14.8. The van der Waals surface area contributed by atoms with Crippen LogP contribution in [0.2, 0.25) is 0 Å². The first-order chi connectivity index (χ1) is 9.37. The summed E-state index contributed by atoms with van der Waals surface area (Å²) in [6.45, 7) is 4.27. The first-order valence-electron chi connectivity index (χ1n) is 6.54. The number of hydrogen-bond donors (Lipinski definition) is 0. The van der Waals surface area contributed by atoms with Gasteiger partial charge in [-0.25, -0.2) is 8.42 Å². The zero-order valence-electron chi connectivity index (χ0n) is 11.7. The first-order valence-corrected chi connectivity index (χ1v) is 7.98. The number of Topliss-reactive ketones (excluding diaryl/α,β-unsaturated/α-hetero) is 1. The molecule has 1 aromatic rings. The van der Waals surface area contributed by atoms with Gasteiger partial charge < -0.3 is 4.74 Å². The normalized spacial score (nSPS) is 17.9. The summed E-state index contributed by atoms with van der Waals surface area (Å²) in [5.74, 6) is -0.385. The smallest absolute Gasteiger partial charge is 0.227 e. The molecule has 1 saturated heterocycles. The van der Waals surface area contributed by atoms with Crippen LogP contribution >= 0.6 is 0 Å². The van der Waals surface area contributed by atoms with Crippen molar-refractivity contribution >= 4 is 15.8 Å². The zero-order valence-corrected chi connectivity index (χ0v) is 12.5. The molecule has 0 saturated carbocycles. The van der Waals surface area contributed by atoms with Crippen molar-refractivity contribution < 1.29 is 17.9 Å². The van der Waals surface area contributed by atoms with Crippen LogP contribution in [-0.2, 0) is 14.8 Å². The fraction of sp³-hybridized carbons (Fsp3) is 0.500. The van der Waals surface area contributed by atoms with E-state index in [1.807, 2.05) is 0 Å². The summed E-state index contributed by atoms with van der Waals surface area (Å²) in [5.41, 5.74) is 0.411. The third-order valence-electron chi connectivity index (χ3n) is 3.54. The van der Waals surface area contributed by atoms with Crippen molar-refractivity contribution in [2.24, 2.45) is 0 Å². The average molecular weight is 297 g/mol. The number of ether oxygens (including phenoxy) is 1. The van der Waals surface area contributed by atoms with Crippen LogP contribution in [0.4, 0.5) is 0 Å². The van der Waals surface area contributed by atoms with Gasteiger partial charge in [-0.15, -0.1) is 0 Å². The molecule has 2 rings (SSSR count). The Morgan fingerprint density at radius 2 is 1.70 bits per heavy atom. The largest absolute Gasteiger partial charge is 0.379 e. The van der Waals surface area contributed by atoms with Crippen LogP contribution in [0.3, 0.4) is 0 Å². The van der Waals surface area contributed by atoms with E-state index in [-0.39, 0.29) is 5.78 Å². The minimum atomic E-state index is -3.71. The standard InChI is InChI=1S/C14H19NO4S/c1-14(2,13(16)12-6-4-3-5-7-12)20(17,18)15-8-10-19-11-9-15/h3-7H,8-11H2,1-2H3. The Morgan fingerprint density at radius 1 is 1.15 bits per heavy atom. The molecule has 1 aliphatic rings. The highest BCUT2D eigenvalue weighted by molar-refractivity contribution is 7.91. The second-order valence-corrected chi connectivity index (χ2v) is 7.71. The second-order valence-electron chi connectivity index (χ2n) is 5.22. The molecule has 0 aromatic heterocycles. The van der Waals surface area contributed by atoms with Gasteiger partial charge in [0.1, 0.15) is 4.75 Å². The molecule has 0 N–H and O–H groups in total. The van der Waals surface area contributed by atoms with Gasteiger partial charge in [-0.3, -0.25) is 4.79 Å². The van der Waals surface area contributed by atoms with Gasteiger partial charge in [0.15, 0.2) is 5.78 Å². The van der Waals surface area contributed by atoms with E-state index in [0.29, 0.717) is 31.9 Å². The van der Waals surface area contributed by atoms with Gasteiger partial charge in [-0.1, -0.05) is 30.3 Å². The van der Waals surface area contributed by atoms with Crippen LogP contribution in [0.5, 0.6) is 0 Å². The van der Waals surface area contributed by atoms with E-state index >= 15 is 0 Å². The van der Waals surface area contributed by atoms with Crippen LogP contribution in [0.1, 0.15) is 24.2 Å². The fourth-order valence-electron chi connectivity index (χ4n) is 2.16. The Kier molecular flexibility index (Phi) is 4.27. The van der Waals surface area contributed by atoms with Crippen LogP contribution in [0.15, 0.2) is 30.3 Å². The highest BCUT2D eigenvalue weighted by Gasteiger charge is 2.45. The maximum atomic E-state index is 12.7. The highest BCUT2D eigenvalue weighted by atomic mass is 32.2. The number of hydrogen-bond acceptors (Lipinski definition) is 4. The molecule has 110 valence electrons. The third-order valence-corrected chi connectivity index (χ3v) is 6.06. The van der Waals surface area contributed by atoms with E-state index in [4.69, 9.17) is 4.74 Å². The van der Waals surface area contributed by atoms with Crippen molar-refractivity contribution in [3.8, 4) is 0 Å². The molecular weight excluding hydrogens is 278 g/mol. The van der Waals surface area contributed by atoms with Crippen molar-refractivity contribution in [1.29, 1.82) is 0 Å². The average Bonchev–Trinajstić information content (AvgIpc) is 2.48. The number of rotatable bonds is 4. The van der Waals surface area contributed by atoms with Crippen molar-refractivity contribution in [2.45, 2.75) is 18.6 Å². The molecule has 5 nitrogen and oxygen atoms in total. The summed E-state index contributed by atoms with van der Waals surface area (Å²) in [4.78, 5) is 12.5. The van der Waals surface area contributed by atoms with Crippen LogP contribution in [0.25, 0.3) is 0 Å². The van der Waals surface area contributed by atoms with Gasteiger partial charge in [-0.2, -0.15) is 4.31 Å². The van der Waals surface area contributed by atoms with E-state index in [0.717, 1.165) is 0 Å². The number of sulfonamides is 1. The summed E-state index contributed by atoms with van der Waals surface area (Å²) in [7, 11) is -3.71. The number of carbonyl (C=O) groups excluding carboxylic acids is 1. The molecule has 6 heteroatoms. The van der Waals surface area contributed by atoms with Gasteiger partial charge >= 0.3 is 0 Å². The quantitative estimate of drug-likeness (QED) is 0.786. The Bertz CT molecular complexity index is 574. The minimum absolute atomic E-state index is 0.299. The number of ketones is 1. The molecule has 0 atom stereocenters. The molecule has 0 aliphatic carbocycles. The summed E-state index contributed by atoms with van der Waals surface area (Å²) in [5, 5.41) is 0. The molecule has 20 heavy (non-hydrogen) atoms. The van der Waals surface area contributed by atoms with Gasteiger partial charge in [0.25, 0.3) is 0 Å². The van der Waals surface area contributed by atoms with Gasteiger partial charge in [-0.05, 0) is 13.8 Å². The van der Waals surface area contributed by atoms with Gasteiger partial charge in [0.2, 0.25) is 10.0 Å². The van der Waals surface area contributed by atoms with E-state index in [9.17, 15) is 13.2 Å². The lowest BCUT2D eigenvalue weighted by Gasteiger charge is -2.33. The topological polar surface area (TPSA) is 63.7 Å². The van der Waals surface area contributed by atoms with E-state index in [1.165, 1.54) is 18.2 Å². The fourth-order valence-corrected chi connectivity index (χ4v) is 3.79. The highest BCUT2D eigenvalue weighted by Crippen LogP contribution is 2.26. The molecule has 0 radical (unpaired) electrons. The second kappa shape index (κ2) is 5.63. The molecule has 1 aliphatic heterocycles. The third kappa shape index (κ3) is 2.63. The van der Waals surface area contributed by atoms with Gasteiger partial charge in [0.05, 0.1) is 13.2 Å². The van der Waals surface area contributed by atoms with E-state index < -0.39 is 14.8 Å². The molecule has 0 spiro atoms. The Labute approximate surface area is 119 Å². The van der Waals surface area contributed by atoms with Crippen LogP contribution in [-0.4, -0.2) is 49.6 Å². The minimum Gasteiger partial charge on any atom is -0.379 e. The number of morpholine rings is 1. The summed E-state index contributed by atoms with van der Waals surface area (Å²) in [6.07, 6.45) is 0. The van der Waals surface area contributed by atoms with Gasteiger partial charge in [0, 0.05) is 18.7 Å². The Morgan fingerprint density at radius 3 is 2.25 bits per heavy atom. The molecule has 1 fully saturated rings. The lowest BCUT2D eigenvalue weighted by Crippen LogP contribution is -2.52. The van der Waals surface area contributed by atoms with Crippen molar-refractivity contribution in [1.82, 2.24) is 4.31 Å². The molecule has 0 amide bonds. The number of benzene rings is 1. The van der Waals surface area contributed by atoms with Crippen molar-refractivity contribution in [3.05, 3.63) is 35.9 Å². The lowest BCUT2D eigenvalue weighted by atomic mass is 10.0. The summed E-state index contributed by atoms with van der Waals surface area (Å²) in [6, 6.07) is 8.52. The van der Waals surface area contributed by atoms with Crippen LogP contribution < -0.4 is 0 Å². The molecule has 1 aromatic carbocycles. The van der Waals surface area contributed by atoms with Crippen molar-refractivity contribution in [3.63, 3.8) is 0 Å².